The quantitative estimate of drug-likeness (QED) is 0.190. The van der Waals surface area contributed by atoms with Gasteiger partial charge in [-0.05, 0) is 95.1 Å². The van der Waals surface area contributed by atoms with E-state index in [0.29, 0.717) is 0 Å². The van der Waals surface area contributed by atoms with Crippen LogP contribution in [-0.2, 0) is 0 Å². The molecule has 0 aliphatic rings. The number of aromatic nitrogens is 1. The number of para-hydroxylation sites is 3. The van der Waals surface area contributed by atoms with E-state index in [1.165, 1.54) is 33.4 Å². The highest BCUT2D eigenvalue weighted by molar-refractivity contribution is 6.12. The van der Waals surface area contributed by atoms with Crippen LogP contribution in [0.2, 0.25) is 0 Å². The highest BCUT2D eigenvalue weighted by Crippen LogP contribution is 2.42. The maximum atomic E-state index is 14.4. The summed E-state index contributed by atoms with van der Waals surface area (Å²) in [5, 5.41) is 2.43. The van der Waals surface area contributed by atoms with Crippen molar-refractivity contribution in [3.05, 3.63) is 182 Å². The molecule has 7 aromatic carbocycles. The molecule has 0 saturated heterocycles. The van der Waals surface area contributed by atoms with Crippen LogP contribution in [-0.4, -0.2) is 4.57 Å². The van der Waals surface area contributed by atoms with Gasteiger partial charge in [0.2, 0.25) is 0 Å². The number of anilines is 3. The number of nitrogens with zero attached hydrogens (tertiary/aromatic N) is 2. The average Bonchev–Trinajstić information content (AvgIpc) is 3.43. The molecule has 8 aromatic rings. The van der Waals surface area contributed by atoms with Crippen molar-refractivity contribution >= 4 is 38.9 Å². The second-order valence-corrected chi connectivity index (χ2v) is 11.2. The summed E-state index contributed by atoms with van der Waals surface area (Å²) in [6, 6.07) is 59.9. The summed E-state index contributed by atoms with van der Waals surface area (Å²) in [5.74, 6) is -0.263. The van der Waals surface area contributed by atoms with Crippen LogP contribution < -0.4 is 4.90 Å². The molecule has 1 heterocycles. The summed E-state index contributed by atoms with van der Waals surface area (Å²) in [4.78, 5) is 2.08. The lowest BCUT2D eigenvalue weighted by molar-refractivity contribution is 0.628. The minimum Gasteiger partial charge on any atom is -0.310 e. The Balaban J connectivity index is 1.33. The first kappa shape index (κ1) is 26.7. The maximum absolute atomic E-state index is 14.4. The molecule has 0 atom stereocenters. The summed E-state index contributed by atoms with van der Waals surface area (Å²) >= 11 is 0. The predicted octanol–water partition coefficient (Wildman–Crippen LogP) is 11.7. The van der Waals surface area contributed by atoms with Gasteiger partial charge in [0.05, 0.1) is 11.0 Å². The van der Waals surface area contributed by atoms with Gasteiger partial charge in [0.25, 0.3) is 0 Å². The van der Waals surface area contributed by atoms with Crippen LogP contribution in [0, 0.1) is 5.82 Å². The van der Waals surface area contributed by atoms with Crippen molar-refractivity contribution in [3.63, 3.8) is 0 Å². The van der Waals surface area contributed by atoms with E-state index in [0.717, 1.165) is 39.4 Å². The van der Waals surface area contributed by atoms with Crippen LogP contribution in [0.1, 0.15) is 0 Å². The van der Waals surface area contributed by atoms with Crippen LogP contribution in [0.15, 0.2) is 176 Å². The van der Waals surface area contributed by atoms with E-state index in [1.807, 2.05) is 36.4 Å². The fourth-order valence-electron chi connectivity index (χ4n) is 6.40. The van der Waals surface area contributed by atoms with Gasteiger partial charge in [-0.3, -0.25) is 0 Å². The number of rotatable bonds is 6. The Morgan fingerprint density at radius 2 is 0.978 bits per heavy atom. The van der Waals surface area contributed by atoms with Gasteiger partial charge >= 0.3 is 0 Å². The maximum Gasteiger partial charge on any atom is 0.125 e. The lowest BCUT2D eigenvalue weighted by Crippen LogP contribution is -2.09. The normalized spacial score (nSPS) is 11.2. The summed E-state index contributed by atoms with van der Waals surface area (Å²) in [6.45, 7) is 0. The number of fused-ring (bicyclic) bond motifs is 3. The molecular weight excluding hydrogens is 551 g/mol. The van der Waals surface area contributed by atoms with Gasteiger partial charge in [0.1, 0.15) is 5.82 Å². The minimum atomic E-state index is -0.263. The number of hydrogen-bond donors (Lipinski definition) is 0. The molecule has 0 radical (unpaired) electrons. The molecule has 0 bridgehead atoms. The van der Waals surface area contributed by atoms with Gasteiger partial charge < -0.3 is 9.47 Å². The fourth-order valence-corrected chi connectivity index (χ4v) is 6.40. The second kappa shape index (κ2) is 11.3. The molecule has 45 heavy (non-hydrogen) atoms. The highest BCUT2D eigenvalue weighted by Gasteiger charge is 2.18. The van der Waals surface area contributed by atoms with Gasteiger partial charge in [0.15, 0.2) is 0 Å². The van der Waals surface area contributed by atoms with Crippen molar-refractivity contribution in [2.24, 2.45) is 0 Å². The van der Waals surface area contributed by atoms with E-state index in [4.69, 9.17) is 0 Å². The molecule has 0 fully saturated rings. The largest absolute Gasteiger partial charge is 0.310 e. The van der Waals surface area contributed by atoms with Crippen LogP contribution in [0.5, 0.6) is 0 Å². The first-order chi connectivity index (χ1) is 22.2. The van der Waals surface area contributed by atoms with Crippen molar-refractivity contribution < 1.29 is 4.39 Å². The van der Waals surface area contributed by atoms with E-state index in [9.17, 15) is 4.39 Å². The molecule has 8 rings (SSSR count). The first-order valence-electron chi connectivity index (χ1n) is 15.1. The Hall–Kier alpha value is -5.93. The third kappa shape index (κ3) is 4.85. The van der Waals surface area contributed by atoms with Crippen LogP contribution in [0.4, 0.5) is 21.5 Å². The Morgan fingerprint density at radius 3 is 1.71 bits per heavy atom. The van der Waals surface area contributed by atoms with Gasteiger partial charge in [0, 0.05) is 33.5 Å². The SMILES string of the molecule is Fc1cccc(N(c2ccccc2)c2ccc(-c3cc4c5ccccc5n(-c5ccccc5)c4cc3-c3ccccc3)cc2)c1. The molecule has 1 aromatic heterocycles. The lowest BCUT2D eigenvalue weighted by Gasteiger charge is -2.25. The van der Waals surface area contributed by atoms with Gasteiger partial charge in [-0.15, -0.1) is 0 Å². The van der Waals surface area contributed by atoms with Crippen LogP contribution in [0.3, 0.4) is 0 Å². The molecule has 0 aliphatic carbocycles. The smallest absolute Gasteiger partial charge is 0.125 e. The van der Waals surface area contributed by atoms with Crippen molar-refractivity contribution in [2.75, 3.05) is 4.90 Å². The minimum absolute atomic E-state index is 0.263. The molecule has 0 unspecified atom stereocenters. The zero-order chi connectivity index (χ0) is 30.2. The average molecular weight is 581 g/mol. The second-order valence-electron chi connectivity index (χ2n) is 11.2. The van der Waals surface area contributed by atoms with E-state index in [1.54, 1.807) is 12.1 Å². The number of hydrogen-bond acceptors (Lipinski definition) is 1. The third-order valence-corrected chi connectivity index (χ3v) is 8.43. The van der Waals surface area contributed by atoms with Crippen molar-refractivity contribution in [2.45, 2.75) is 0 Å². The molecule has 0 N–H and O–H groups in total. The zero-order valence-corrected chi connectivity index (χ0v) is 24.5. The Labute approximate surface area is 261 Å². The van der Waals surface area contributed by atoms with E-state index < -0.39 is 0 Å². The topological polar surface area (TPSA) is 8.17 Å². The molecule has 0 amide bonds. The molecule has 0 saturated carbocycles. The zero-order valence-electron chi connectivity index (χ0n) is 24.5. The molecule has 0 aliphatic heterocycles. The predicted molar refractivity (Wildman–Crippen MR) is 186 cm³/mol. The molecule has 0 spiro atoms. The summed E-state index contributed by atoms with van der Waals surface area (Å²) in [5.41, 5.74) is 10.8. The third-order valence-electron chi connectivity index (χ3n) is 8.43. The van der Waals surface area contributed by atoms with Gasteiger partial charge in [-0.25, -0.2) is 4.39 Å². The van der Waals surface area contributed by atoms with Gasteiger partial charge in [-0.1, -0.05) is 103 Å². The van der Waals surface area contributed by atoms with E-state index in [2.05, 4.69) is 131 Å². The summed E-state index contributed by atoms with van der Waals surface area (Å²) in [6.07, 6.45) is 0. The fraction of sp³-hybridized carbons (Fsp3) is 0. The molecular formula is C42H29FN2. The van der Waals surface area contributed by atoms with Crippen molar-refractivity contribution in [3.8, 4) is 27.9 Å². The van der Waals surface area contributed by atoms with Gasteiger partial charge in [-0.2, -0.15) is 0 Å². The van der Waals surface area contributed by atoms with Crippen molar-refractivity contribution in [1.82, 2.24) is 4.57 Å². The number of halogens is 1. The summed E-state index contributed by atoms with van der Waals surface area (Å²) < 4.78 is 16.7. The summed E-state index contributed by atoms with van der Waals surface area (Å²) in [7, 11) is 0. The Morgan fingerprint density at radius 1 is 0.400 bits per heavy atom. The monoisotopic (exact) mass is 580 g/mol. The standard InChI is InChI=1S/C42H29FN2/c43-32-15-12-20-36(27-32)44(33-16-6-2-7-17-33)35-25-23-31(24-26-35)38-28-40-37-21-10-11-22-41(37)45(34-18-8-3-9-19-34)42(40)29-39(38)30-13-4-1-5-14-30/h1-29H. The lowest BCUT2D eigenvalue weighted by atomic mass is 9.92. The van der Waals surface area contributed by atoms with Crippen LogP contribution >= 0.6 is 0 Å². The number of benzene rings is 7. The Kier molecular flexibility index (Phi) is 6.69. The van der Waals surface area contributed by atoms with E-state index >= 15 is 0 Å². The van der Waals surface area contributed by atoms with Crippen molar-refractivity contribution in [1.29, 1.82) is 0 Å². The Bertz CT molecular complexity index is 2260. The van der Waals surface area contributed by atoms with E-state index in [-0.39, 0.29) is 5.82 Å². The highest BCUT2D eigenvalue weighted by atomic mass is 19.1. The molecule has 2 nitrogen and oxygen atoms in total. The molecule has 3 heteroatoms. The molecule has 214 valence electrons. The van der Waals surface area contributed by atoms with Crippen LogP contribution in [0.25, 0.3) is 49.7 Å². The first-order valence-corrected chi connectivity index (χ1v) is 15.1.